The maximum Gasteiger partial charge on any atom is 0.225 e. The predicted molar refractivity (Wildman–Crippen MR) is 118 cm³/mol. The number of hydrazine groups is 1. The van der Waals surface area contributed by atoms with Crippen LogP contribution in [0.3, 0.4) is 0 Å². The summed E-state index contributed by atoms with van der Waals surface area (Å²) in [5.74, 6) is 1.36. The molecule has 2 rings (SSSR count). The molecular weight excluding hydrogens is 366 g/mol. The summed E-state index contributed by atoms with van der Waals surface area (Å²) in [6.45, 7) is 8.78. The van der Waals surface area contributed by atoms with Crippen LogP contribution in [0.1, 0.15) is 46.0 Å². The zero-order valence-electron chi connectivity index (χ0n) is 19.2. The molecule has 1 fully saturated rings. The number of hydrogen-bond acceptors (Lipinski definition) is 6. The van der Waals surface area contributed by atoms with Crippen molar-refractivity contribution in [2.75, 3.05) is 54.0 Å². The lowest BCUT2D eigenvalue weighted by Gasteiger charge is -2.40. The molecule has 0 saturated heterocycles. The van der Waals surface area contributed by atoms with Crippen molar-refractivity contribution < 1.29 is 9.53 Å². The smallest absolute Gasteiger partial charge is 0.225 e. The lowest BCUT2D eigenvalue weighted by atomic mass is 9.79. The molecule has 1 atom stereocenters. The summed E-state index contributed by atoms with van der Waals surface area (Å²) in [6, 6.07) is 0.772. The van der Waals surface area contributed by atoms with Gasteiger partial charge in [0.15, 0.2) is 0 Å². The number of nitrogens with zero attached hydrogens (tertiary/aromatic N) is 2. The zero-order valence-corrected chi connectivity index (χ0v) is 19.2. The van der Waals surface area contributed by atoms with Gasteiger partial charge in [-0.2, -0.15) is 0 Å². The van der Waals surface area contributed by atoms with Crippen LogP contribution in [0.5, 0.6) is 0 Å². The van der Waals surface area contributed by atoms with Crippen LogP contribution in [0.15, 0.2) is 11.8 Å². The molecule has 1 saturated carbocycles. The molecule has 29 heavy (non-hydrogen) atoms. The molecule has 7 nitrogen and oxygen atoms in total. The Balaban J connectivity index is 1.89. The first-order chi connectivity index (χ1) is 14.0. The number of methoxy groups -OCH3 is 1. The highest BCUT2D eigenvalue weighted by molar-refractivity contribution is 5.76. The normalized spacial score (nSPS) is 24.7. The second kappa shape index (κ2) is 12.5. The summed E-state index contributed by atoms with van der Waals surface area (Å²) < 4.78 is 5.13. The lowest BCUT2D eigenvalue weighted by Crippen LogP contribution is -2.47. The molecule has 1 aliphatic carbocycles. The number of likely N-dealkylation sites (N-methyl/N-ethyl adjacent to an activating group) is 2. The Labute approximate surface area is 177 Å². The Bertz CT molecular complexity index is 517. The Morgan fingerprint density at radius 1 is 1.31 bits per heavy atom. The van der Waals surface area contributed by atoms with Gasteiger partial charge in [-0.15, -0.1) is 0 Å². The first-order valence-electron chi connectivity index (χ1n) is 11.3. The Morgan fingerprint density at radius 2 is 2.03 bits per heavy atom. The molecule has 3 N–H and O–H groups in total. The Kier molecular flexibility index (Phi) is 10.4. The van der Waals surface area contributed by atoms with E-state index in [1.165, 1.54) is 5.57 Å². The maximum atomic E-state index is 12.7. The molecule has 0 radical (unpaired) electrons. The van der Waals surface area contributed by atoms with Crippen LogP contribution >= 0.6 is 0 Å². The Hall–Kier alpha value is -1.15. The third-order valence-electron chi connectivity index (χ3n) is 6.15. The monoisotopic (exact) mass is 409 g/mol. The molecule has 1 heterocycles. The summed E-state index contributed by atoms with van der Waals surface area (Å²) in [4.78, 5) is 17.2. The summed E-state index contributed by atoms with van der Waals surface area (Å²) in [5, 5.41) is 3.22. The minimum absolute atomic E-state index is 0.247. The SMILES string of the molecule is CNCCN(C)CC1=CNNC1C1CCC(N(CC(C)C)C(=O)CCOC)CC1. The van der Waals surface area contributed by atoms with Crippen LogP contribution in [0.4, 0.5) is 0 Å². The van der Waals surface area contributed by atoms with E-state index in [1.54, 1.807) is 7.11 Å². The van der Waals surface area contributed by atoms with E-state index in [-0.39, 0.29) is 5.91 Å². The highest BCUT2D eigenvalue weighted by atomic mass is 16.5. The highest BCUT2D eigenvalue weighted by Gasteiger charge is 2.35. The van der Waals surface area contributed by atoms with Gasteiger partial charge in [0, 0.05) is 45.5 Å². The minimum Gasteiger partial charge on any atom is -0.384 e. The number of carbonyl (C=O) groups is 1. The van der Waals surface area contributed by atoms with Crippen molar-refractivity contribution in [1.29, 1.82) is 0 Å². The second-order valence-corrected chi connectivity index (χ2v) is 9.08. The molecular formula is C22H43N5O2. The topological polar surface area (TPSA) is 68.9 Å². The number of ether oxygens (including phenoxy) is 1. The summed E-state index contributed by atoms with van der Waals surface area (Å²) in [6.07, 6.45) is 7.14. The van der Waals surface area contributed by atoms with Crippen LogP contribution in [0, 0.1) is 11.8 Å². The van der Waals surface area contributed by atoms with Gasteiger partial charge in [0.1, 0.15) is 0 Å². The number of nitrogens with one attached hydrogen (secondary N) is 3. The molecule has 168 valence electrons. The van der Waals surface area contributed by atoms with Gasteiger partial charge in [-0.05, 0) is 57.2 Å². The number of carbonyl (C=O) groups excluding carboxylic acids is 1. The zero-order chi connectivity index (χ0) is 21.2. The highest BCUT2D eigenvalue weighted by Crippen LogP contribution is 2.33. The molecule has 0 aromatic rings. The lowest BCUT2D eigenvalue weighted by molar-refractivity contribution is -0.136. The van der Waals surface area contributed by atoms with Gasteiger partial charge < -0.3 is 25.3 Å². The van der Waals surface area contributed by atoms with Gasteiger partial charge in [0.2, 0.25) is 5.91 Å². The predicted octanol–water partition coefficient (Wildman–Crippen LogP) is 1.58. The van der Waals surface area contributed by atoms with Crippen molar-refractivity contribution in [3.63, 3.8) is 0 Å². The quantitative estimate of drug-likeness (QED) is 0.455. The van der Waals surface area contributed by atoms with Crippen molar-refractivity contribution in [2.24, 2.45) is 11.8 Å². The van der Waals surface area contributed by atoms with Crippen molar-refractivity contribution >= 4 is 5.91 Å². The van der Waals surface area contributed by atoms with Gasteiger partial charge in [0.05, 0.1) is 19.1 Å². The second-order valence-electron chi connectivity index (χ2n) is 9.08. The largest absolute Gasteiger partial charge is 0.384 e. The molecule has 0 spiro atoms. The van der Waals surface area contributed by atoms with Gasteiger partial charge >= 0.3 is 0 Å². The van der Waals surface area contributed by atoms with E-state index in [0.29, 0.717) is 36.9 Å². The van der Waals surface area contributed by atoms with Gasteiger partial charge in [-0.3, -0.25) is 4.79 Å². The van der Waals surface area contributed by atoms with Gasteiger partial charge in [0.25, 0.3) is 0 Å². The fraction of sp³-hybridized carbons (Fsp3) is 0.864. The van der Waals surface area contributed by atoms with E-state index in [2.05, 4.69) is 53.1 Å². The molecule has 1 amide bonds. The molecule has 1 unspecified atom stereocenters. The fourth-order valence-corrected chi connectivity index (χ4v) is 4.59. The third kappa shape index (κ3) is 7.55. The van der Waals surface area contributed by atoms with E-state index in [1.807, 2.05) is 7.05 Å². The van der Waals surface area contributed by atoms with E-state index < -0.39 is 0 Å². The van der Waals surface area contributed by atoms with E-state index in [4.69, 9.17) is 4.74 Å². The van der Waals surface area contributed by atoms with E-state index >= 15 is 0 Å². The first-order valence-corrected chi connectivity index (χ1v) is 11.3. The van der Waals surface area contributed by atoms with Crippen LogP contribution in [0.25, 0.3) is 0 Å². The summed E-state index contributed by atoms with van der Waals surface area (Å²) in [5.41, 5.74) is 8.18. The standard InChI is InChI=1S/C22H43N5O2/c1-17(2)15-27(21(28)10-13-29-5)20-8-6-18(7-9-20)22-19(14-24-25-22)16-26(4)12-11-23-3/h14,17-18,20,22-25H,6-13,15-16H2,1-5H3. The molecule has 1 aliphatic heterocycles. The fourth-order valence-electron chi connectivity index (χ4n) is 4.59. The Morgan fingerprint density at radius 3 is 2.66 bits per heavy atom. The van der Waals surface area contributed by atoms with Crippen molar-refractivity contribution in [3.05, 3.63) is 11.8 Å². The average Bonchev–Trinajstić information content (AvgIpc) is 3.16. The molecule has 2 aliphatic rings. The molecule has 7 heteroatoms. The summed E-state index contributed by atoms with van der Waals surface area (Å²) >= 11 is 0. The third-order valence-corrected chi connectivity index (χ3v) is 6.15. The van der Waals surface area contributed by atoms with Gasteiger partial charge in [-0.25, -0.2) is 5.43 Å². The van der Waals surface area contributed by atoms with E-state index in [9.17, 15) is 4.79 Å². The van der Waals surface area contributed by atoms with Gasteiger partial charge in [-0.1, -0.05) is 13.8 Å². The van der Waals surface area contributed by atoms with E-state index in [0.717, 1.165) is 51.9 Å². The molecule has 0 aromatic heterocycles. The minimum atomic E-state index is 0.247. The number of rotatable bonds is 12. The molecule has 0 bridgehead atoms. The van der Waals surface area contributed by atoms with Crippen LogP contribution in [-0.2, 0) is 9.53 Å². The maximum absolute atomic E-state index is 12.7. The molecule has 0 aromatic carbocycles. The van der Waals surface area contributed by atoms with Crippen LogP contribution in [0.2, 0.25) is 0 Å². The van der Waals surface area contributed by atoms with Crippen molar-refractivity contribution in [3.8, 4) is 0 Å². The summed E-state index contributed by atoms with van der Waals surface area (Å²) in [7, 11) is 5.84. The number of hydrogen-bond donors (Lipinski definition) is 3. The van der Waals surface area contributed by atoms with Crippen LogP contribution < -0.4 is 16.2 Å². The van der Waals surface area contributed by atoms with Crippen molar-refractivity contribution in [1.82, 2.24) is 26.0 Å². The first kappa shape index (κ1) is 24.1. The van der Waals surface area contributed by atoms with Crippen molar-refractivity contribution in [2.45, 2.75) is 58.0 Å². The van der Waals surface area contributed by atoms with Crippen LogP contribution in [-0.4, -0.2) is 81.8 Å². The number of amides is 1. The average molecular weight is 410 g/mol.